The molecular weight excluding hydrogens is 246 g/mol. The molecule has 3 nitrogen and oxygen atoms in total. The van der Waals surface area contributed by atoms with Crippen molar-refractivity contribution in [3.05, 3.63) is 24.3 Å². The smallest absolute Gasteiger partial charge is 0.119 e. The zero-order valence-corrected chi connectivity index (χ0v) is 11.7. The molecule has 1 N–H and O–H groups in total. The van der Waals surface area contributed by atoms with Crippen LogP contribution in [-0.4, -0.2) is 38.7 Å². The van der Waals surface area contributed by atoms with Crippen molar-refractivity contribution in [1.29, 1.82) is 0 Å². The second-order valence-electron chi connectivity index (χ2n) is 4.37. The molecule has 2 rings (SSSR count). The molecule has 1 fully saturated rings. The number of benzene rings is 1. The van der Waals surface area contributed by atoms with Gasteiger partial charge in [0.05, 0.1) is 7.11 Å². The normalized spacial score (nSPS) is 16.7. The molecule has 1 aliphatic heterocycles. The highest BCUT2D eigenvalue weighted by atomic mass is 32.2. The molecular formula is C14H21NO2S. The van der Waals surface area contributed by atoms with Gasteiger partial charge in [0, 0.05) is 36.4 Å². The van der Waals surface area contributed by atoms with Gasteiger partial charge in [0.2, 0.25) is 0 Å². The Balaban J connectivity index is 1.65. The van der Waals surface area contributed by atoms with Crippen LogP contribution >= 0.6 is 11.8 Å². The lowest BCUT2D eigenvalue weighted by Crippen LogP contribution is -2.35. The van der Waals surface area contributed by atoms with Crippen molar-refractivity contribution in [2.24, 2.45) is 0 Å². The number of thioether (sulfide) groups is 1. The van der Waals surface area contributed by atoms with Gasteiger partial charge in [-0.25, -0.2) is 0 Å². The van der Waals surface area contributed by atoms with Gasteiger partial charge >= 0.3 is 0 Å². The van der Waals surface area contributed by atoms with Gasteiger partial charge in [0.15, 0.2) is 0 Å². The number of hydrogen-bond donors (Lipinski definition) is 1. The number of rotatable bonds is 6. The zero-order valence-electron chi connectivity index (χ0n) is 10.9. The summed E-state index contributed by atoms with van der Waals surface area (Å²) in [5.74, 6) is 2.02. The van der Waals surface area contributed by atoms with E-state index in [0.717, 1.165) is 44.1 Å². The lowest BCUT2D eigenvalue weighted by Gasteiger charge is -2.23. The Morgan fingerprint density at radius 3 is 3.00 bits per heavy atom. The molecule has 1 aromatic carbocycles. The summed E-state index contributed by atoms with van der Waals surface area (Å²) in [6, 6.07) is 8.86. The first kappa shape index (κ1) is 13.7. The Bertz CT molecular complexity index is 353. The van der Waals surface area contributed by atoms with Crippen LogP contribution in [0.3, 0.4) is 0 Å². The Labute approximate surface area is 113 Å². The third-order valence-electron chi connectivity index (χ3n) is 3.07. The highest BCUT2D eigenvalue weighted by molar-refractivity contribution is 7.99. The molecule has 0 aromatic heterocycles. The maximum absolute atomic E-state index is 5.34. The molecule has 0 amide bonds. The second kappa shape index (κ2) is 7.67. The highest BCUT2D eigenvalue weighted by Gasteiger charge is 2.12. The molecule has 0 aliphatic carbocycles. The Hall–Kier alpha value is -0.710. The number of hydrogen-bond acceptors (Lipinski definition) is 4. The first-order chi connectivity index (χ1) is 8.88. The average Bonchev–Trinajstić information content (AvgIpc) is 2.45. The third kappa shape index (κ3) is 4.52. The van der Waals surface area contributed by atoms with Crippen LogP contribution in [0.15, 0.2) is 29.2 Å². The fourth-order valence-corrected chi connectivity index (χ4v) is 2.85. The van der Waals surface area contributed by atoms with Gasteiger partial charge in [0.25, 0.3) is 0 Å². The van der Waals surface area contributed by atoms with E-state index in [4.69, 9.17) is 9.47 Å². The second-order valence-corrected chi connectivity index (χ2v) is 5.54. The number of ether oxygens (including phenoxy) is 2. The molecule has 0 atom stereocenters. The summed E-state index contributed by atoms with van der Waals surface area (Å²) in [6.45, 7) is 2.86. The minimum absolute atomic E-state index is 0.643. The van der Waals surface area contributed by atoms with Crippen molar-refractivity contribution < 1.29 is 9.47 Å². The average molecular weight is 267 g/mol. The summed E-state index contributed by atoms with van der Waals surface area (Å²) in [5.41, 5.74) is 0. The SMILES string of the molecule is COc1cccc(SCCNC2CCOCC2)c1. The van der Waals surface area contributed by atoms with Crippen LogP contribution in [0.2, 0.25) is 0 Å². The molecule has 18 heavy (non-hydrogen) atoms. The highest BCUT2D eigenvalue weighted by Crippen LogP contribution is 2.22. The van der Waals surface area contributed by atoms with E-state index in [2.05, 4.69) is 17.4 Å². The molecule has 0 spiro atoms. The van der Waals surface area contributed by atoms with Crippen LogP contribution < -0.4 is 10.1 Å². The van der Waals surface area contributed by atoms with Crippen molar-refractivity contribution in [3.8, 4) is 5.75 Å². The Morgan fingerprint density at radius 2 is 2.22 bits per heavy atom. The van der Waals surface area contributed by atoms with Crippen LogP contribution in [0.1, 0.15) is 12.8 Å². The van der Waals surface area contributed by atoms with Gasteiger partial charge < -0.3 is 14.8 Å². The molecule has 0 unspecified atom stereocenters. The monoisotopic (exact) mass is 267 g/mol. The van der Waals surface area contributed by atoms with Crippen molar-refractivity contribution in [1.82, 2.24) is 5.32 Å². The fourth-order valence-electron chi connectivity index (χ4n) is 2.02. The van der Waals surface area contributed by atoms with Crippen LogP contribution in [0.4, 0.5) is 0 Å². The van der Waals surface area contributed by atoms with E-state index in [0.29, 0.717) is 6.04 Å². The van der Waals surface area contributed by atoms with Crippen molar-refractivity contribution in [2.45, 2.75) is 23.8 Å². The fraction of sp³-hybridized carbons (Fsp3) is 0.571. The van der Waals surface area contributed by atoms with Crippen LogP contribution in [-0.2, 0) is 4.74 Å². The number of methoxy groups -OCH3 is 1. The maximum atomic E-state index is 5.34. The molecule has 1 heterocycles. The quantitative estimate of drug-likeness (QED) is 0.634. The summed E-state index contributed by atoms with van der Waals surface area (Å²) in [7, 11) is 1.70. The van der Waals surface area contributed by atoms with Crippen LogP contribution in [0.5, 0.6) is 5.75 Å². The molecule has 1 saturated heterocycles. The molecule has 100 valence electrons. The lowest BCUT2D eigenvalue weighted by molar-refractivity contribution is 0.0786. The van der Waals surface area contributed by atoms with E-state index in [1.54, 1.807) is 7.11 Å². The summed E-state index contributed by atoms with van der Waals surface area (Å²) < 4.78 is 10.6. The molecule has 4 heteroatoms. The van der Waals surface area contributed by atoms with Gasteiger partial charge in [-0.15, -0.1) is 11.8 Å². The minimum atomic E-state index is 0.643. The van der Waals surface area contributed by atoms with Gasteiger partial charge in [-0.2, -0.15) is 0 Å². The van der Waals surface area contributed by atoms with Crippen LogP contribution in [0.25, 0.3) is 0 Å². The van der Waals surface area contributed by atoms with Gasteiger partial charge in [-0.3, -0.25) is 0 Å². The van der Waals surface area contributed by atoms with Crippen molar-refractivity contribution in [2.75, 3.05) is 32.6 Å². The molecule has 1 aliphatic rings. The largest absolute Gasteiger partial charge is 0.497 e. The van der Waals surface area contributed by atoms with Gasteiger partial charge in [-0.1, -0.05) is 6.07 Å². The Morgan fingerprint density at radius 1 is 1.39 bits per heavy atom. The van der Waals surface area contributed by atoms with E-state index >= 15 is 0 Å². The molecule has 1 aromatic rings. The topological polar surface area (TPSA) is 30.5 Å². The molecule has 0 radical (unpaired) electrons. The first-order valence-electron chi connectivity index (χ1n) is 6.46. The summed E-state index contributed by atoms with van der Waals surface area (Å²) in [4.78, 5) is 1.27. The first-order valence-corrected chi connectivity index (χ1v) is 7.45. The lowest BCUT2D eigenvalue weighted by atomic mass is 10.1. The summed E-state index contributed by atoms with van der Waals surface area (Å²) in [5, 5.41) is 3.59. The maximum Gasteiger partial charge on any atom is 0.119 e. The predicted molar refractivity (Wildman–Crippen MR) is 75.6 cm³/mol. The predicted octanol–water partition coefficient (Wildman–Crippen LogP) is 2.56. The summed E-state index contributed by atoms with van der Waals surface area (Å²) >= 11 is 1.86. The summed E-state index contributed by atoms with van der Waals surface area (Å²) in [6.07, 6.45) is 2.29. The Kier molecular flexibility index (Phi) is 5.84. The van der Waals surface area contributed by atoms with Crippen molar-refractivity contribution in [3.63, 3.8) is 0 Å². The van der Waals surface area contributed by atoms with Gasteiger partial charge in [-0.05, 0) is 31.0 Å². The van der Waals surface area contributed by atoms with E-state index in [1.165, 1.54) is 4.90 Å². The zero-order chi connectivity index (χ0) is 12.6. The van der Waals surface area contributed by atoms with E-state index < -0.39 is 0 Å². The van der Waals surface area contributed by atoms with E-state index in [1.807, 2.05) is 23.9 Å². The molecule has 0 bridgehead atoms. The molecule has 0 saturated carbocycles. The standard InChI is InChI=1S/C14H21NO2S/c1-16-13-3-2-4-14(11-13)18-10-7-15-12-5-8-17-9-6-12/h2-4,11-12,15H,5-10H2,1H3. The van der Waals surface area contributed by atoms with E-state index in [-0.39, 0.29) is 0 Å². The third-order valence-corrected chi connectivity index (χ3v) is 4.06. The van der Waals surface area contributed by atoms with E-state index in [9.17, 15) is 0 Å². The van der Waals surface area contributed by atoms with Crippen LogP contribution in [0, 0.1) is 0 Å². The van der Waals surface area contributed by atoms with Crippen molar-refractivity contribution >= 4 is 11.8 Å². The van der Waals surface area contributed by atoms with Gasteiger partial charge in [0.1, 0.15) is 5.75 Å². The minimum Gasteiger partial charge on any atom is -0.497 e. The number of nitrogens with one attached hydrogen (secondary N) is 1.